The Morgan fingerprint density at radius 1 is 1.44 bits per heavy atom. The fourth-order valence-corrected chi connectivity index (χ4v) is 3.58. The Kier molecular flexibility index (Phi) is 2.92. The van der Waals surface area contributed by atoms with Gasteiger partial charge in [-0.05, 0) is 12.1 Å². The summed E-state index contributed by atoms with van der Waals surface area (Å²) in [5, 5.41) is 3.93. The van der Waals surface area contributed by atoms with Crippen molar-refractivity contribution in [1.82, 2.24) is 9.78 Å². The Labute approximate surface area is 102 Å². The van der Waals surface area contributed by atoms with Crippen molar-refractivity contribution in [3.05, 3.63) is 28.7 Å². The van der Waals surface area contributed by atoms with E-state index in [9.17, 15) is 8.42 Å². The maximum atomic E-state index is 11.8. The number of hydrogen-bond acceptors (Lipinski definition) is 4. The number of rotatable bonds is 3. The van der Waals surface area contributed by atoms with E-state index in [2.05, 4.69) is 9.82 Å². The first kappa shape index (κ1) is 11.4. The van der Waals surface area contributed by atoms with Crippen LogP contribution >= 0.6 is 22.9 Å². The van der Waals surface area contributed by atoms with Crippen LogP contribution in [0.2, 0.25) is 4.34 Å². The smallest absolute Gasteiger partial charge is 0.272 e. The fourth-order valence-electron chi connectivity index (χ4n) is 1.10. The lowest BCUT2D eigenvalue weighted by atomic mass is 10.7. The van der Waals surface area contributed by atoms with E-state index in [4.69, 9.17) is 11.6 Å². The molecule has 8 heteroatoms. The van der Waals surface area contributed by atoms with Gasteiger partial charge in [0.15, 0.2) is 5.82 Å². The minimum absolute atomic E-state index is 0.170. The van der Waals surface area contributed by atoms with Crippen molar-refractivity contribution in [2.75, 3.05) is 4.72 Å². The molecular weight excluding hydrogens is 270 g/mol. The first-order chi connectivity index (χ1) is 7.47. The Hall–Kier alpha value is -1.05. The molecule has 16 heavy (non-hydrogen) atoms. The van der Waals surface area contributed by atoms with Gasteiger partial charge in [0.1, 0.15) is 4.21 Å². The normalized spacial score (nSPS) is 11.6. The number of thiophene rings is 1. The van der Waals surface area contributed by atoms with Crippen LogP contribution in [0.5, 0.6) is 0 Å². The van der Waals surface area contributed by atoms with Crippen molar-refractivity contribution in [3.63, 3.8) is 0 Å². The highest BCUT2D eigenvalue weighted by molar-refractivity contribution is 7.94. The standard InChI is InChI=1S/C8H8ClN3O2S2/c1-12-5-4-7(10-12)11-16(13,14)8-3-2-6(9)15-8/h2-5H,1H3,(H,10,11). The minimum atomic E-state index is -3.57. The summed E-state index contributed by atoms with van der Waals surface area (Å²) in [5.74, 6) is 0.284. The second-order valence-electron chi connectivity index (χ2n) is 3.04. The van der Waals surface area contributed by atoms with E-state index in [1.807, 2.05) is 0 Å². The zero-order valence-electron chi connectivity index (χ0n) is 8.21. The third kappa shape index (κ3) is 2.37. The zero-order valence-corrected chi connectivity index (χ0v) is 10.6. The Balaban J connectivity index is 2.27. The molecule has 2 aromatic rings. The summed E-state index contributed by atoms with van der Waals surface area (Å²) in [7, 11) is -1.86. The number of anilines is 1. The van der Waals surface area contributed by atoms with E-state index in [-0.39, 0.29) is 10.0 Å². The van der Waals surface area contributed by atoms with Crippen molar-refractivity contribution in [1.29, 1.82) is 0 Å². The maximum Gasteiger partial charge on any atom is 0.272 e. The molecule has 0 radical (unpaired) electrons. The first-order valence-electron chi connectivity index (χ1n) is 4.25. The molecule has 5 nitrogen and oxygen atoms in total. The molecular formula is C8H8ClN3O2S2. The second kappa shape index (κ2) is 4.08. The molecule has 1 N–H and O–H groups in total. The quantitative estimate of drug-likeness (QED) is 0.932. The fraction of sp³-hybridized carbons (Fsp3) is 0.125. The lowest BCUT2D eigenvalue weighted by Gasteiger charge is -2.01. The van der Waals surface area contributed by atoms with Gasteiger partial charge in [0.05, 0.1) is 4.34 Å². The minimum Gasteiger partial charge on any atom is -0.274 e. The van der Waals surface area contributed by atoms with Crippen molar-refractivity contribution < 1.29 is 8.42 Å². The molecule has 0 spiro atoms. The van der Waals surface area contributed by atoms with Gasteiger partial charge in [-0.1, -0.05) is 11.6 Å². The summed E-state index contributed by atoms with van der Waals surface area (Å²) < 4.78 is 28.1. The number of halogens is 1. The predicted octanol–water partition coefficient (Wildman–Crippen LogP) is 1.94. The highest BCUT2D eigenvalue weighted by atomic mass is 35.5. The molecule has 0 saturated carbocycles. The van der Waals surface area contributed by atoms with Crippen LogP contribution in [0.4, 0.5) is 5.82 Å². The second-order valence-corrected chi connectivity index (χ2v) is 6.66. The van der Waals surface area contributed by atoms with Gasteiger partial charge in [-0.25, -0.2) is 8.42 Å². The molecule has 0 amide bonds. The zero-order chi connectivity index (χ0) is 11.8. The van der Waals surface area contributed by atoms with Gasteiger partial charge in [0.2, 0.25) is 0 Å². The van der Waals surface area contributed by atoms with Crippen LogP contribution in [0.25, 0.3) is 0 Å². The lowest BCUT2D eigenvalue weighted by Crippen LogP contribution is -2.12. The Morgan fingerprint density at radius 3 is 2.69 bits per heavy atom. The molecule has 0 fully saturated rings. The number of nitrogens with zero attached hydrogens (tertiary/aromatic N) is 2. The lowest BCUT2D eigenvalue weighted by molar-refractivity contribution is 0.603. The van der Waals surface area contributed by atoms with Gasteiger partial charge >= 0.3 is 0 Å². The highest BCUT2D eigenvalue weighted by Crippen LogP contribution is 2.26. The predicted molar refractivity (Wildman–Crippen MR) is 63.3 cm³/mol. The molecule has 2 rings (SSSR count). The molecule has 0 aliphatic rings. The van der Waals surface area contributed by atoms with Crippen LogP contribution in [0.3, 0.4) is 0 Å². The molecule has 86 valence electrons. The number of nitrogens with one attached hydrogen (secondary N) is 1. The largest absolute Gasteiger partial charge is 0.274 e. The number of hydrogen-bond donors (Lipinski definition) is 1. The van der Waals surface area contributed by atoms with Crippen molar-refractivity contribution in [2.24, 2.45) is 7.05 Å². The molecule has 0 unspecified atom stereocenters. The Morgan fingerprint density at radius 2 is 2.19 bits per heavy atom. The molecule has 2 aromatic heterocycles. The SMILES string of the molecule is Cn1ccc(NS(=O)(=O)c2ccc(Cl)s2)n1. The van der Waals surface area contributed by atoms with E-state index in [0.717, 1.165) is 11.3 Å². The summed E-state index contributed by atoms with van der Waals surface area (Å²) in [4.78, 5) is 0. The summed E-state index contributed by atoms with van der Waals surface area (Å²) in [6.45, 7) is 0. The molecule has 0 aliphatic heterocycles. The van der Waals surface area contributed by atoms with E-state index in [1.165, 1.54) is 10.7 Å². The number of aromatic nitrogens is 2. The number of aryl methyl sites for hydroxylation is 1. The monoisotopic (exact) mass is 277 g/mol. The third-order valence-corrected chi connectivity index (χ3v) is 4.84. The summed E-state index contributed by atoms with van der Waals surface area (Å²) in [6.07, 6.45) is 1.65. The van der Waals surface area contributed by atoms with Crippen molar-refractivity contribution in [2.45, 2.75) is 4.21 Å². The van der Waals surface area contributed by atoms with Gasteiger partial charge in [-0.3, -0.25) is 9.40 Å². The molecule has 0 atom stereocenters. The molecule has 2 heterocycles. The van der Waals surface area contributed by atoms with E-state index in [1.54, 1.807) is 25.4 Å². The molecule has 0 aliphatic carbocycles. The van der Waals surface area contributed by atoms with Gasteiger partial charge in [-0.15, -0.1) is 11.3 Å². The van der Waals surface area contributed by atoms with Crippen LogP contribution in [-0.2, 0) is 17.1 Å². The Bertz CT molecular complexity index is 602. The van der Waals surface area contributed by atoms with E-state index >= 15 is 0 Å². The van der Waals surface area contributed by atoms with Gasteiger partial charge in [0, 0.05) is 19.3 Å². The summed E-state index contributed by atoms with van der Waals surface area (Å²) in [6, 6.07) is 4.57. The van der Waals surface area contributed by atoms with Gasteiger partial charge in [-0.2, -0.15) is 5.10 Å². The van der Waals surface area contributed by atoms with Crippen LogP contribution < -0.4 is 4.72 Å². The van der Waals surface area contributed by atoms with E-state index in [0.29, 0.717) is 4.34 Å². The molecule has 0 bridgehead atoms. The van der Waals surface area contributed by atoms with Crippen LogP contribution in [0, 0.1) is 0 Å². The van der Waals surface area contributed by atoms with Gasteiger partial charge < -0.3 is 0 Å². The first-order valence-corrected chi connectivity index (χ1v) is 6.93. The van der Waals surface area contributed by atoms with E-state index < -0.39 is 10.0 Å². The summed E-state index contributed by atoms with van der Waals surface area (Å²) in [5.41, 5.74) is 0. The third-order valence-electron chi connectivity index (χ3n) is 1.77. The number of sulfonamides is 1. The van der Waals surface area contributed by atoms with Gasteiger partial charge in [0.25, 0.3) is 10.0 Å². The molecule has 0 aromatic carbocycles. The summed E-state index contributed by atoms with van der Waals surface area (Å²) >= 11 is 6.68. The highest BCUT2D eigenvalue weighted by Gasteiger charge is 2.17. The van der Waals surface area contributed by atoms with Crippen LogP contribution in [-0.4, -0.2) is 18.2 Å². The maximum absolute atomic E-state index is 11.8. The molecule has 0 saturated heterocycles. The van der Waals surface area contributed by atoms with Crippen LogP contribution in [0.15, 0.2) is 28.6 Å². The van der Waals surface area contributed by atoms with Crippen molar-refractivity contribution in [3.8, 4) is 0 Å². The average Bonchev–Trinajstić information content (AvgIpc) is 2.75. The average molecular weight is 278 g/mol. The topological polar surface area (TPSA) is 64.0 Å². The van der Waals surface area contributed by atoms with Crippen molar-refractivity contribution >= 4 is 38.8 Å². The van der Waals surface area contributed by atoms with Crippen LogP contribution in [0.1, 0.15) is 0 Å².